The van der Waals surface area contributed by atoms with Crippen molar-refractivity contribution >= 4 is 5.69 Å². The Kier molecular flexibility index (Phi) is 2.61. The summed E-state index contributed by atoms with van der Waals surface area (Å²) in [5.41, 5.74) is 7.06. The van der Waals surface area contributed by atoms with Crippen LogP contribution in [0.25, 0.3) is 11.1 Å². The van der Waals surface area contributed by atoms with Crippen LogP contribution in [0, 0.1) is 0 Å². The standard InChI is InChI=1S/C12H11F3N2/c1-17-6-10(11(16)7-17)8-2-4-9(5-3-8)12(13,14)15/h2-7H,16H2,1H3. The maximum Gasteiger partial charge on any atom is 0.416 e. The van der Waals surface area contributed by atoms with Crippen LogP contribution >= 0.6 is 0 Å². The van der Waals surface area contributed by atoms with Crippen molar-refractivity contribution in [2.45, 2.75) is 6.18 Å². The molecule has 0 unspecified atom stereocenters. The van der Waals surface area contributed by atoms with E-state index < -0.39 is 11.7 Å². The number of benzene rings is 1. The van der Waals surface area contributed by atoms with Gasteiger partial charge in [0, 0.05) is 25.0 Å². The van der Waals surface area contributed by atoms with E-state index >= 15 is 0 Å². The molecule has 5 heteroatoms. The molecule has 0 fully saturated rings. The molecule has 1 aromatic heterocycles. The van der Waals surface area contributed by atoms with Gasteiger partial charge in [-0.05, 0) is 17.7 Å². The third-order valence-corrected chi connectivity index (χ3v) is 2.51. The van der Waals surface area contributed by atoms with E-state index in [1.54, 1.807) is 17.0 Å². The van der Waals surface area contributed by atoms with Crippen molar-refractivity contribution in [3.05, 3.63) is 42.2 Å². The van der Waals surface area contributed by atoms with Crippen LogP contribution in [0.1, 0.15) is 5.56 Å². The van der Waals surface area contributed by atoms with Gasteiger partial charge in [0.15, 0.2) is 0 Å². The number of nitrogen functional groups attached to an aromatic ring is 1. The Morgan fingerprint density at radius 3 is 2.06 bits per heavy atom. The van der Waals surface area contributed by atoms with Gasteiger partial charge in [0.1, 0.15) is 0 Å². The molecule has 0 aliphatic rings. The molecule has 0 atom stereocenters. The number of aryl methyl sites for hydroxylation is 1. The first-order valence-corrected chi connectivity index (χ1v) is 4.97. The molecule has 0 radical (unpaired) electrons. The summed E-state index contributed by atoms with van der Waals surface area (Å²) in [5, 5.41) is 0. The van der Waals surface area contributed by atoms with Crippen LogP contribution in [0.2, 0.25) is 0 Å². The lowest BCUT2D eigenvalue weighted by Crippen LogP contribution is -2.04. The summed E-state index contributed by atoms with van der Waals surface area (Å²) in [6, 6.07) is 4.96. The van der Waals surface area contributed by atoms with Crippen molar-refractivity contribution in [2.24, 2.45) is 7.05 Å². The lowest BCUT2D eigenvalue weighted by molar-refractivity contribution is -0.137. The van der Waals surface area contributed by atoms with E-state index in [9.17, 15) is 13.2 Å². The predicted molar refractivity (Wildman–Crippen MR) is 60.3 cm³/mol. The number of nitrogens with zero attached hydrogens (tertiary/aromatic N) is 1. The highest BCUT2D eigenvalue weighted by atomic mass is 19.4. The van der Waals surface area contributed by atoms with Crippen LogP contribution in [0.3, 0.4) is 0 Å². The van der Waals surface area contributed by atoms with E-state index in [-0.39, 0.29) is 0 Å². The molecule has 1 heterocycles. The van der Waals surface area contributed by atoms with Crippen molar-refractivity contribution < 1.29 is 13.2 Å². The van der Waals surface area contributed by atoms with Crippen molar-refractivity contribution in [3.8, 4) is 11.1 Å². The molecule has 2 aromatic rings. The molecule has 0 saturated heterocycles. The Morgan fingerprint density at radius 2 is 1.65 bits per heavy atom. The van der Waals surface area contributed by atoms with Crippen LogP contribution in [0.5, 0.6) is 0 Å². The van der Waals surface area contributed by atoms with Gasteiger partial charge in [-0.2, -0.15) is 13.2 Å². The molecule has 90 valence electrons. The molecule has 2 nitrogen and oxygen atoms in total. The molecule has 2 rings (SSSR count). The molecule has 0 bridgehead atoms. The molecule has 1 aromatic carbocycles. The minimum atomic E-state index is -4.30. The number of aromatic nitrogens is 1. The fourth-order valence-electron chi connectivity index (χ4n) is 1.68. The molecule has 0 spiro atoms. The summed E-state index contributed by atoms with van der Waals surface area (Å²) in [6.45, 7) is 0. The Hall–Kier alpha value is -1.91. The normalized spacial score (nSPS) is 11.8. The van der Waals surface area contributed by atoms with Gasteiger partial charge in [-0.15, -0.1) is 0 Å². The van der Waals surface area contributed by atoms with Crippen LogP contribution in [0.4, 0.5) is 18.9 Å². The Bertz CT molecular complexity index is 524. The minimum Gasteiger partial charge on any atom is -0.397 e. The van der Waals surface area contributed by atoms with Gasteiger partial charge in [-0.25, -0.2) is 0 Å². The third-order valence-electron chi connectivity index (χ3n) is 2.51. The van der Waals surface area contributed by atoms with Gasteiger partial charge < -0.3 is 10.3 Å². The first kappa shape index (κ1) is 11.6. The van der Waals surface area contributed by atoms with Crippen molar-refractivity contribution in [1.82, 2.24) is 4.57 Å². The van der Waals surface area contributed by atoms with E-state index in [2.05, 4.69) is 0 Å². The number of nitrogens with two attached hydrogens (primary N) is 1. The van der Waals surface area contributed by atoms with Gasteiger partial charge in [0.25, 0.3) is 0 Å². The van der Waals surface area contributed by atoms with Crippen molar-refractivity contribution in [2.75, 3.05) is 5.73 Å². The lowest BCUT2D eigenvalue weighted by atomic mass is 10.1. The molecule has 17 heavy (non-hydrogen) atoms. The first-order chi connectivity index (χ1) is 7.88. The third kappa shape index (κ3) is 2.27. The largest absolute Gasteiger partial charge is 0.416 e. The fourth-order valence-corrected chi connectivity index (χ4v) is 1.68. The van der Waals surface area contributed by atoms with Gasteiger partial charge in [0.05, 0.1) is 11.3 Å². The van der Waals surface area contributed by atoms with Gasteiger partial charge in [-0.1, -0.05) is 12.1 Å². The average Bonchev–Trinajstić information content (AvgIpc) is 2.57. The highest BCUT2D eigenvalue weighted by Gasteiger charge is 2.30. The zero-order valence-corrected chi connectivity index (χ0v) is 9.12. The number of halogens is 3. The van der Waals surface area contributed by atoms with Crippen molar-refractivity contribution in [3.63, 3.8) is 0 Å². The number of alkyl halides is 3. The molecule has 0 saturated carbocycles. The summed E-state index contributed by atoms with van der Waals surface area (Å²) in [5.74, 6) is 0. The molecular formula is C12H11F3N2. The number of hydrogen-bond acceptors (Lipinski definition) is 1. The summed E-state index contributed by atoms with van der Waals surface area (Å²) >= 11 is 0. The topological polar surface area (TPSA) is 30.9 Å². The average molecular weight is 240 g/mol. The quantitative estimate of drug-likeness (QED) is 0.814. The molecule has 0 aliphatic heterocycles. The lowest BCUT2D eigenvalue weighted by Gasteiger charge is -2.07. The second-order valence-corrected chi connectivity index (χ2v) is 3.87. The first-order valence-electron chi connectivity index (χ1n) is 4.97. The fraction of sp³-hybridized carbons (Fsp3) is 0.167. The predicted octanol–water partition coefficient (Wildman–Crippen LogP) is 3.29. The zero-order chi connectivity index (χ0) is 12.6. The van der Waals surface area contributed by atoms with Crippen LogP contribution in [0.15, 0.2) is 36.7 Å². The van der Waals surface area contributed by atoms with Gasteiger partial charge in [0.2, 0.25) is 0 Å². The monoisotopic (exact) mass is 240 g/mol. The maximum atomic E-state index is 12.4. The molecule has 2 N–H and O–H groups in total. The summed E-state index contributed by atoms with van der Waals surface area (Å²) in [6.07, 6.45) is -0.814. The Labute approximate surface area is 96.5 Å². The van der Waals surface area contributed by atoms with Crippen LogP contribution in [-0.2, 0) is 13.2 Å². The van der Waals surface area contributed by atoms with Gasteiger partial charge >= 0.3 is 6.18 Å². The van der Waals surface area contributed by atoms with Gasteiger partial charge in [-0.3, -0.25) is 0 Å². The summed E-state index contributed by atoms with van der Waals surface area (Å²) in [4.78, 5) is 0. The van der Waals surface area contributed by atoms with Crippen molar-refractivity contribution in [1.29, 1.82) is 0 Å². The number of anilines is 1. The van der Waals surface area contributed by atoms with E-state index in [4.69, 9.17) is 5.73 Å². The zero-order valence-electron chi connectivity index (χ0n) is 9.12. The SMILES string of the molecule is Cn1cc(N)c(-c2ccc(C(F)(F)F)cc2)c1. The van der Waals surface area contributed by atoms with E-state index in [0.29, 0.717) is 11.3 Å². The number of rotatable bonds is 1. The Balaban J connectivity index is 2.39. The molecule has 0 aliphatic carbocycles. The smallest absolute Gasteiger partial charge is 0.397 e. The Morgan fingerprint density at radius 1 is 1.06 bits per heavy atom. The minimum absolute atomic E-state index is 0.548. The molecule has 0 amide bonds. The van der Waals surface area contributed by atoms with Crippen LogP contribution < -0.4 is 5.73 Å². The maximum absolute atomic E-state index is 12.4. The highest BCUT2D eigenvalue weighted by Crippen LogP contribution is 2.32. The summed E-state index contributed by atoms with van der Waals surface area (Å²) in [7, 11) is 1.81. The molecular weight excluding hydrogens is 229 g/mol. The van der Waals surface area contributed by atoms with E-state index in [1.807, 2.05) is 7.05 Å². The van der Waals surface area contributed by atoms with Crippen LogP contribution in [-0.4, -0.2) is 4.57 Å². The second-order valence-electron chi connectivity index (χ2n) is 3.87. The highest BCUT2D eigenvalue weighted by molar-refractivity contribution is 5.75. The van der Waals surface area contributed by atoms with E-state index in [0.717, 1.165) is 17.7 Å². The van der Waals surface area contributed by atoms with E-state index in [1.165, 1.54) is 12.1 Å². The summed E-state index contributed by atoms with van der Waals surface area (Å²) < 4.78 is 38.9. The second kappa shape index (κ2) is 3.84. The number of hydrogen-bond donors (Lipinski definition) is 1.